The summed E-state index contributed by atoms with van der Waals surface area (Å²) < 4.78 is 0. The number of fused-ring (bicyclic) bond motifs is 1. The lowest BCUT2D eigenvalue weighted by Crippen LogP contribution is -2.32. The second-order valence-corrected chi connectivity index (χ2v) is 9.52. The van der Waals surface area contributed by atoms with Crippen LogP contribution in [-0.2, 0) is 0 Å². The maximum Gasteiger partial charge on any atom is 0.266 e. The van der Waals surface area contributed by atoms with Crippen LogP contribution in [0.1, 0.15) is 81.7 Å². The molecule has 3 aromatic carbocycles. The van der Waals surface area contributed by atoms with Crippen molar-refractivity contribution in [3.63, 3.8) is 0 Å². The Bertz CT molecular complexity index is 1190. The minimum Gasteiger partial charge on any atom is -0.281 e. The molecule has 0 spiro atoms. The lowest BCUT2D eigenvalue weighted by Gasteiger charge is -2.25. The number of hydrogen-bond acceptors (Lipinski definition) is 4. The van der Waals surface area contributed by atoms with Gasteiger partial charge < -0.3 is 0 Å². The zero-order valence-corrected chi connectivity index (χ0v) is 19.4. The fraction of sp³-hybridized carbons (Fsp3) is 0.222. The summed E-state index contributed by atoms with van der Waals surface area (Å²) in [7, 11) is 0. The molecule has 1 aliphatic heterocycles. The van der Waals surface area contributed by atoms with Gasteiger partial charge in [0.15, 0.2) is 0 Å². The number of anilines is 1. The van der Waals surface area contributed by atoms with Gasteiger partial charge in [-0.1, -0.05) is 70.2 Å². The number of rotatable bonds is 5. The molecule has 3 aromatic rings. The van der Waals surface area contributed by atoms with Crippen LogP contribution >= 0.6 is 11.8 Å². The van der Waals surface area contributed by atoms with Gasteiger partial charge in [-0.15, -0.1) is 0 Å². The Kier molecular flexibility index (Phi) is 6.02. The van der Waals surface area contributed by atoms with Gasteiger partial charge in [0.25, 0.3) is 11.8 Å². The largest absolute Gasteiger partial charge is 0.281 e. The standard InChI is InChI=1S/C27H25NO3S/c1-16(2)19-12-8-13-20(17(3)4)24(19)28-25(29)21-14-9-15-22(23(21)26(28)30)27(31)32-18-10-6-5-7-11-18/h5-17H,1-4H3. The third-order valence-corrected chi connectivity index (χ3v) is 6.57. The van der Waals surface area contributed by atoms with Crippen molar-refractivity contribution >= 4 is 34.4 Å². The first-order valence-electron chi connectivity index (χ1n) is 10.7. The predicted octanol–water partition coefficient (Wildman–Crippen LogP) is 6.67. The van der Waals surface area contributed by atoms with E-state index in [0.29, 0.717) is 5.69 Å². The number of para-hydroxylation sites is 1. The summed E-state index contributed by atoms with van der Waals surface area (Å²) in [6, 6.07) is 20.1. The molecule has 162 valence electrons. The third-order valence-electron chi connectivity index (χ3n) is 5.65. The molecule has 4 rings (SSSR count). The first kappa shape index (κ1) is 22.0. The van der Waals surface area contributed by atoms with Crippen molar-refractivity contribution in [2.45, 2.75) is 44.4 Å². The summed E-state index contributed by atoms with van der Waals surface area (Å²) in [6.45, 7) is 8.19. The molecule has 0 N–H and O–H groups in total. The first-order valence-corrected chi connectivity index (χ1v) is 11.5. The minimum atomic E-state index is -0.433. The van der Waals surface area contributed by atoms with Crippen LogP contribution in [0.15, 0.2) is 71.6 Å². The van der Waals surface area contributed by atoms with Gasteiger partial charge in [-0.05, 0) is 59.0 Å². The van der Waals surface area contributed by atoms with E-state index in [4.69, 9.17) is 0 Å². The summed E-state index contributed by atoms with van der Waals surface area (Å²) in [5, 5.41) is -0.253. The Balaban J connectivity index is 1.82. The van der Waals surface area contributed by atoms with Crippen LogP contribution < -0.4 is 4.90 Å². The summed E-state index contributed by atoms with van der Waals surface area (Å²) in [5.74, 6) is -0.553. The zero-order chi connectivity index (χ0) is 23.0. The summed E-state index contributed by atoms with van der Waals surface area (Å²) in [5.41, 5.74) is 3.28. The first-order chi connectivity index (χ1) is 15.3. The minimum absolute atomic E-state index is 0.128. The monoisotopic (exact) mass is 443 g/mol. The molecule has 0 saturated carbocycles. The fourth-order valence-corrected chi connectivity index (χ4v) is 4.87. The second-order valence-electron chi connectivity index (χ2n) is 8.47. The van der Waals surface area contributed by atoms with Crippen LogP contribution in [-0.4, -0.2) is 16.9 Å². The molecule has 2 amide bonds. The highest BCUT2D eigenvalue weighted by molar-refractivity contribution is 8.14. The van der Waals surface area contributed by atoms with E-state index in [2.05, 4.69) is 0 Å². The highest BCUT2D eigenvalue weighted by Crippen LogP contribution is 2.40. The maximum atomic E-state index is 13.7. The Morgan fingerprint density at radius 1 is 0.750 bits per heavy atom. The summed E-state index contributed by atoms with van der Waals surface area (Å²) in [6.07, 6.45) is 0. The van der Waals surface area contributed by atoms with Crippen molar-refractivity contribution in [3.05, 3.63) is 94.5 Å². The lowest BCUT2D eigenvalue weighted by molar-refractivity contribution is 0.0922. The number of imide groups is 1. The molecular formula is C27H25NO3S. The Labute approximate surface area is 192 Å². The van der Waals surface area contributed by atoms with E-state index in [1.165, 1.54) is 4.90 Å². The Hall–Kier alpha value is -3.18. The van der Waals surface area contributed by atoms with Crippen LogP contribution in [0.3, 0.4) is 0 Å². The molecule has 0 fully saturated rings. The van der Waals surface area contributed by atoms with Crippen molar-refractivity contribution in [2.75, 3.05) is 4.90 Å². The quantitative estimate of drug-likeness (QED) is 0.327. The Morgan fingerprint density at radius 3 is 1.94 bits per heavy atom. The van der Waals surface area contributed by atoms with Gasteiger partial charge >= 0.3 is 0 Å². The van der Waals surface area contributed by atoms with Crippen molar-refractivity contribution < 1.29 is 14.4 Å². The van der Waals surface area contributed by atoms with E-state index in [1.807, 2.05) is 76.2 Å². The van der Waals surface area contributed by atoms with Crippen LogP contribution in [0.2, 0.25) is 0 Å². The molecule has 1 aliphatic rings. The van der Waals surface area contributed by atoms with Crippen LogP contribution in [0.5, 0.6) is 0 Å². The number of thioether (sulfide) groups is 1. The van der Waals surface area contributed by atoms with Crippen molar-refractivity contribution in [2.24, 2.45) is 0 Å². The Morgan fingerprint density at radius 2 is 1.34 bits per heavy atom. The molecular weight excluding hydrogens is 418 g/mol. The summed E-state index contributed by atoms with van der Waals surface area (Å²) in [4.78, 5) is 42.3. The molecule has 0 radical (unpaired) electrons. The highest BCUT2D eigenvalue weighted by atomic mass is 32.2. The van der Waals surface area contributed by atoms with Crippen LogP contribution in [0, 0.1) is 0 Å². The SMILES string of the molecule is CC(C)c1cccc(C(C)C)c1N1C(=O)c2cccc(C(=O)Sc3ccccc3)c2C1=O. The van der Waals surface area contributed by atoms with E-state index in [0.717, 1.165) is 27.8 Å². The van der Waals surface area contributed by atoms with Gasteiger partial charge in [0.2, 0.25) is 5.12 Å². The summed E-state index contributed by atoms with van der Waals surface area (Å²) >= 11 is 1.06. The maximum absolute atomic E-state index is 13.7. The normalized spacial score (nSPS) is 13.2. The van der Waals surface area contributed by atoms with Gasteiger partial charge in [0.05, 0.1) is 16.8 Å². The molecule has 5 heteroatoms. The molecule has 4 nitrogen and oxygen atoms in total. The predicted molar refractivity (Wildman–Crippen MR) is 129 cm³/mol. The molecule has 1 heterocycles. The van der Waals surface area contributed by atoms with E-state index in [9.17, 15) is 14.4 Å². The smallest absolute Gasteiger partial charge is 0.266 e. The van der Waals surface area contributed by atoms with Gasteiger partial charge in [0.1, 0.15) is 0 Å². The molecule has 0 bridgehead atoms. The number of carbonyl (C=O) groups is 3. The number of hydrogen-bond donors (Lipinski definition) is 0. The third kappa shape index (κ3) is 3.78. The molecule has 0 aromatic heterocycles. The van der Waals surface area contributed by atoms with Crippen molar-refractivity contribution in [3.8, 4) is 0 Å². The van der Waals surface area contributed by atoms with E-state index < -0.39 is 5.91 Å². The molecule has 0 aliphatic carbocycles. The molecule has 0 saturated heterocycles. The number of benzene rings is 3. The van der Waals surface area contributed by atoms with E-state index >= 15 is 0 Å². The lowest BCUT2D eigenvalue weighted by atomic mass is 9.92. The van der Waals surface area contributed by atoms with Gasteiger partial charge in [-0.3, -0.25) is 14.4 Å². The van der Waals surface area contributed by atoms with E-state index in [-0.39, 0.29) is 39.5 Å². The van der Waals surface area contributed by atoms with E-state index in [1.54, 1.807) is 18.2 Å². The molecule has 32 heavy (non-hydrogen) atoms. The van der Waals surface area contributed by atoms with Crippen molar-refractivity contribution in [1.82, 2.24) is 0 Å². The van der Waals surface area contributed by atoms with Crippen LogP contribution in [0.25, 0.3) is 0 Å². The average molecular weight is 444 g/mol. The van der Waals surface area contributed by atoms with Gasteiger partial charge in [-0.25, -0.2) is 4.90 Å². The molecule has 0 atom stereocenters. The fourth-order valence-electron chi connectivity index (χ4n) is 4.08. The second kappa shape index (κ2) is 8.75. The van der Waals surface area contributed by atoms with Crippen LogP contribution in [0.4, 0.5) is 5.69 Å². The molecule has 0 unspecified atom stereocenters. The van der Waals surface area contributed by atoms with Gasteiger partial charge in [0, 0.05) is 10.5 Å². The number of amides is 2. The number of nitrogens with zero attached hydrogens (tertiary/aromatic N) is 1. The number of carbonyl (C=O) groups excluding carboxylic acids is 3. The van der Waals surface area contributed by atoms with Crippen molar-refractivity contribution in [1.29, 1.82) is 0 Å². The highest BCUT2D eigenvalue weighted by Gasteiger charge is 2.41. The van der Waals surface area contributed by atoms with Gasteiger partial charge in [-0.2, -0.15) is 0 Å². The average Bonchev–Trinajstić information content (AvgIpc) is 3.03. The topological polar surface area (TPSA) is 54.5 Å². The zero-order valence-electron chi connectivity index (χ0n) is 18.6.